The van der Waals surface area contributed by atoms with Crippen LogP contribution in [0.4, 0.5) is 0 Å². The molecule has 0 bridgehead atoms. The SMILES string of the molecule is OC1CCC[NH+](Cc2ccccc2)C1c1ccccc1. The highest BCUT2D eigenvalue weighted by molar-refractivity contribution is 5.19. The van der Waals surface area contributed by atoms with Gasteiger partial charge >= 0.3 is 0 Å². The summed E-state index contributed by atoms with van der Waals surface area (Å²) < 4.78 is 0. The number of aliphatic hydroxyl groups excluding tert-OH is 1. The highest BCUT2D eigenvalue weighted by atomic mass is 16.3. The summed E-state index contributed by atoms with van der Waals surface area (Å²) >= 11 is 0. The zero-order valence-corrected chi connectivity index (χ0v) is 11.7. The van der Waals surface area contributed by atoms with Crippen LogP contribution < -0.4 is 4.90 Å². The molecule has 0 aliphatic carbocycles. The molecule has 3 rings (SSSR count). The van der Waals surface area contributed by atoms with Crippen LogP contribution in [0.2, 0.25) is 0 Å². The van der Waals surface area contributed by atoms with Crippen molar-refractivity contribution in [1.29, 1.82) is 0 Å². The lowest BCUT2D eigenvalue weighted by Crippen LogP contribution is -3.13. The number of piperidine rings is 1. The molecule has 0 spiro atoms. The predicted octanol–water partition coefficient (Wildman–Crippen LogP) is 1.97. The Morgan fingerprint density at radius 2 is 1.60 bits per heavy atom. The van der Waals surface area contributed by atoms with Crippen LogP contribution in [0, 0.1) is 0 Å². The van der Waals surface area contributed by atoms with E-state index in [0.29, 0.717) is 0 Å². The summed E-state index contributed by atoms with van der Waals surface area (Å²) in [6, 6.07) is 21.2. The Morgan fingerprint density at radius 3 is 2.30 bits per heavy atom. The Morgan fingerprint density at radius 1 is 0.950 bits per heavy atom. The molecule has 0 amide bonds. The van der Waals surface area contributed by atoms with Crippen LogP contribution in [-0.2, 0) is 6.54 Å². The molecule has 2 heteroatoms. The van der Waals surface area contributed by atoms with Crippen LogP contribution in [0.3, 0.4) is 0 Å². The Labute approximate surface area is 120 Å². The molecule has 2 N–H and O–H groups in total. The van der Waals surface area contributed by atoms with Crippen LogP contribution >= 0.6 is 0 Å². The van der Waals surface area contributed by atoms with E-state index in [2.05, 4.69) is 54.6 Å². The van der Waals surface area contributed by atoms with Crippen molar-refractivity contribution in [3.05, 3.63) is 71.8 Å². The quantitative estimate of drug-likeness (QED) is 0.874. The van der Waals surface area contributed by atoms with Gasteiger partial charge in [0.2, 0.25) is 0 Å². The molecule has 2 nitrogen and oxygen atoms in total. The highest BCUT2D eigenvalue weighted by Gasteiger charge is 2.34. The van der Waals surface area contributed by atoms with Gasteiger partial charge in [0.15, 0.2) is 0 Å². The first-order chi connectivity index (χ1) is 9.84. The van der Waals surface area contributed by atoms with Gasteiger partial charge in [-0.05, 0) is 12.8 Å². The largest absolute Gasteiger partial charge is 0.387 e. The predicted molar refractivity (Wildman–Crippen MR) is 80.4 cm³/mol. The van der Waals surface area contributed by atoms with E-state index in [1.165, 1.54) is 16.0 Å². The van der Waals surface area contributed by atoms with Gasteiger partial charge in [0.05, 0.1) is 6.54 Å². The van der Waals surface area contributed by atoms with Gasteiger partial charge in [0, 0.05) is 11.1 Å². The molecular weight excluding hydrogens is 246 g/mol. The molecule has 3 atom stereocenters. The summed E-state index contributed by atoms with van der Waals surface area (Å²) in [6.07, 6.45) is 1.79. The van der Waals surface area contributed by atoms with Crippen LogP contribution in [0.15, 0.2) is 60.7 Å². The van der Waals surface area contributed by atoms with Crippen LogP contribution in [0.1, 0.15) is 30.0 Å². The van der Waals surface area contributed by atoms with Crippen molar-refractivity contribution in [2.75, 3.05) is 6.54 Å². The van der Waals surface area contributed by atoms with Gasteiger partial charge in [-0.3, -0.25) is 0 Å². The maximum atomic E-state index is 10.4. The molecule has 1 fully saturated rings. The molecule has 20 heavy (non-hydrogen) atoms. The minimum absolute atomic E-state index is 0.199. The third-order valence-corrected chi connectivity index (χ3v) is 4.26. The first-order valence-electron chi connectivity index (χ1n) is 7.46. The zero-order chi connectivity index (χ0) is 13.8. The van der Waals surface area contributed by atoms with Crippen molar-refractivity contribution in [2.24, 2.45) is 0 Å². The van der Waals surface area contributed by atoms with Gasteiger partial charge < -0.3 is 10.0 Å². The minimum atomic E-state index is -0.232. The number of rotatable bonds is 3. The monoisotopic (exact) mass is 268 g/mol. The van der Waals surface area contributed by atoms with Crippen LogP contribution in [0.25, 0.3) is 0 Å². The summed E-state index contributed by atoms with van der Waals surface area (Å²) in [4.78, 5) is 1.47. The Bertz CT molecular complexity index is 526. The van der Waals surface area contributed by atoms with E-state index in [1.54, 1.807) is 0 Å². The summed E-state index contributed by atoms with van der Waals surface area (Å²) in [6.45, 7) is 2.11. The topological polar surface area (TPSA) is 24.7 Å². The second-order valence-electron chi connectivity index (χ2n) is 5.67. The normalized spacial score (nSPS) is 26.4. The number of nitrogens with one attached hydrogen (secondary N) is 1. The first-order valence-corrected chi connectivity index (χ1v) is 7.46. The lowest BCUT2D eigenvalue weighted by Gasteiger charge is -2.36. The molecule has 104 valence electrons. The average molecular weight is 268 g/mol. The third kappa shape index (κ3) is 2.92. The van der Waals surface area contributed by atoms with Gasteiger partial charge in [-0.1, -0.05) is 60.7 Å². The summed E-state index contributed by atoms with van der Waals surface area (Å²) in [7, 11) is 0. The van der Waals surface area contributed by atoms with E-state index in [0.717, 1.165) is 25.9 Å². The molecule has 0 radical (unpaired) electrons. The van der Waals surface area contributed by atoms with Gasteiger partial charge in [-0.15, -0.1) is 0 Å². The maximum absolute atomic E-state index is 10.4. The van der Waals surface area contributed by atoms with Crippen molar-refractivity contribution < 1.29 is 10.0 Å². The fraction of sp³-hybridized carbons (Fsp3) is 0.333. The molecule has 1 heterocycles. The van der Waals surface area contributed by atoms with Crippen molar-refractivity contribution >= 4 is 0 Å². The molecule has 1 saturated heterocycles. The van der Waals surface area contributed by atoms with E-state index in [-0.39, 0.29) is 12.1 Å². The number of quaternary nitrogens is 1. The molecular formula is C18H22NO+. The Hall–Kier alpha value is -1.64. The van der Waals surface area contributed by atoms with Gasteiger partial charge in [-0.2, -0.15) is 0 Å². The third-order valence-electron chi connectivity index (χ3n) is 4.26. The van der Waals surface area contributed by atoms with Crippen LogP contribution in [0.5, 0.6) is 0 Å². The zero-order valence-electron chi connectivity index (χ0n) is 11.7. The number of hydrogen-bond donors (Lipinski definition) is 2. The van der Waals surface area contributed by atoms with Crippen molar-refractivity contribution in [3.8, 4) is 0 Å². The number of likely N-dealkylation sites (tertiary alicyclic amines) is 1. The molecule has 1 aliphatic rings. The van der Waals surface area contributed by atoms with E-state index in [4.69, 9.17) is 0 Å². The maximum Gasteiger partial charge on any atom is 0.140 e. The highest BCUT2D eigenvalue weighted by Crippen LogP contribution is 2.20. The Kier molecular flexibility index (Phi) is 4.14. The van der Waals surface area contributed by atoms with Crippen molar-refractivity contribution in [2.45, 2.75) is 31.5 Å². The molecule has 2 aromatic rings. The van der Waals surface area contributed by atoms with Gasteiger partial charge in [-0.25, -0.2) is 0 Å². The summed E-state index contributed by atoms with van der Waals surface area (Å²) in [5.74, 6) is 0. The summed E-state index contributed by atoms with van der Waals surface area (Å²) in [5.41, 5.74) is 2.60. The fourth-order valence-electron chi connectivity index (χ4n) is 3.31. The molecule has 1 aliphatic heterocycles. The first kappa shape index (κ1) is 13.3. The second-order valence-corrected chi connectivity index (χ2v) is 5.67. The second kappa shape index (κ2) is 6.21. The fourth-order valence-corrected chi connectivity index (χ4v) is 3.31. The van der Waals surface area contributed by atoms with E-state index in [1.807, 2.05) is 6.07 Å². The minimum Gasteiger partial charge on any atom is -0.387 e. The van der Waals surface area contributed by atoms with Crippen molar-refractivity contribution in [3.63, 3.8) is 0 Å². The Balaban J connectivity index is 1.83. The molecule has 0 saturated carbocycles. The van der Waals surface area contributed by atoms with Gasteiger partial charge in [0.25, 0.3) is 0 Å². The summed E-state index contributed by atoms with van der Waals surface area (Å²) in [5, 5.41) is 10.4. The number of hydrogen-bond acceptors (Lipinski definition) is 1. The van der Waals surface area contributed by atoms with E-state index < -0.39 is 0 Å². The smallest absolute Gasteiger partial charge is 0.140 e. The standard InChI is InChI=1S/C18H21NO/c20-17-12-7-13-19(14-15-8-3-1-4-9-15)18(17)16-10-5-2-6-11-16/h1-6,8-11,17-18,20H,7,12-14H2/p+1. The number of benzene rings is 2. The molecule has 3 unspecified atom stereocenters. The number of aliphatic hydroxyl groups is 1. The van der Waals surface area contributed by atoms with Crippen LogP contribution in [-0.4, -0.2) is 17.8 Å². The van der Waals surface area contributed by atoms with Gasteiger partial charge in [0.1, 0.15) is 18.7 Å². The van der Waals surface area contributed by atoms with Crippen molar-refractivity contribution in [1.82, 2.24) is 0 Å². The average Bonchev–Trinajstić information content (AvgIpc) is 2.49. The van der Waals surface area contributed by atoms with E-state index >= 15 is 0 Å². The van der Waals surface area contributed by atoms with E-state index in [9.17, 15) is 5.11 Å². The lowest BCUT2D eigenvalue weighted by atomic mass is 9.92. The molecule has 0 aromatic heterocycles. The molecule has 2 aromatic carbocycles. The lowest BCUT2D eigenvalue weighted by molar-refractivity contribution is -0.954.